The van der Waals surface area contributed by atoms with Crippen molar-refractivity contribution in [3.63, 3.8) is 0 Å². The van der Waals surface area contributed by atoms with Gasteiger partial charge in [-0.3, -0.25) is 28.7 Å². The molecule has 0 fully saturated rings. The van der Waals surface area contributed by atoms with Gasteiger partial charge in [-0.15, -0.1) is 0 Å². The third-order valence-electron chi connectivity index (χ3n) is 6.56. The van der Waals surface area contributed by atoms with Crippen molar-refractivity contribution in [1.29, 1.82) is 0 Å². The van der Waals surface area contributed by atoms with Gasteiger partial charge in [0, 0.05) is 29.9 Å². The molecule has 0 atom stereocenters. The number of hydrogen-bond acceptors (Lipinski definition) is 6. The molecule has 0 unspecified atom stereocenters. The van der Waals surface area contributed by atoms with Gasteiger partial charge in [0.15, 0.2) is 0 Å². The second-order valence-electron chi connectivity index (χ2n) is 9.10. The van der Waals surface area contributed by atoms with E-state index in [2.05, 4.69) is 36.5 Å². The summed E-state index contributed by atoms with van der Waals surface area (Å²) in [6.45, 7) is 0. The zero-order valence-electron chi connectivity index (χ0n) is 21.6. The van der Waals surface area contributed by atoms with E-state index < -0.39 is 28.4 Å². The highest BCUT2D eigenvalue weighted by Crippen LogP contribution is 2.38. The van der Waals surface area contributed by atoms with Crippen molar-refractivity contribution in [2.24, 2.45) is 14.1 Å². The lowest BCUT2D eigenvalue weighted by Crippen LogP contribution is -2.41. The zero-order chi connectivity index (χ0) is 28.4. The summed E-state index contributed by atoms with van der Waals surface area (Å²) in [5.41, 5.74) is -0.445. The first-order valence-electron chi connectivity index (χ1n) is 12.3. The third-order valence-corrected chi connectivity index (χ3v) is 7.28. The summed E-state index contributed by atoms with van der Waals surface area (Å²) in [5, 5.41) is 6.30. The van der Waals surface area contributed by atoms with Crippen LogP contribution < -0.4 is 33.1 Å². The van der Waals surface area contributed by atoms with Crippen LogP contribution in [0.3, 0.4) is 0 Å². The van der Waals surface area contributed by atoms with Gasteiger partial charge >= 0.3 is 11.4 Å². The molecule has 0 saturated carbocycles. The van der Waals surface area contributed by atoms with Crippen LogP contribution in [0.5, 0.6) is 0 Å². The zero-order valence-corrected chi connectivity index (χ0v) is 23.2. The van der Waals surface area contributed by atoms with Gasteiger partial charge in [-0.1, -0.05) is 70.5 Å². The minimum Gasteiger partial charge on any atom is -0.341 e. The molecule has 11 heteroatoms. The Morgan fingerprint density at radius 3 is 1.45 bits per heavy atom. The fraction of sp³-hybridized carbons (Fsp3) is 0.103. The normalized spacial score (nSPS) is 11.0. The van der Waals surface area contributed by atoms with Crippen LogP contribution in [-0.2, 0) is 14.1 Å². The Balaban J connectivity index is 1.88. The lowest BCUT2D eigenvalue weighted by Gasteiger charge is -2.24. The number of halogens is 1. The second kappa shape index (κ2) is 11.1. The van der Waals surface area contributed by atoms with Gasteiger partial charge in [-0.05, 0) is 35.9 Å². The predicted molar refractivity (Wildman–Crippen MR) is 159 cm³/mol. The van der Waals surface area contributed by atoms with Crippen molar-refractivity contribution in [1.82, 2.24) is 19.1 Å². The molecule has 40 heavy (non-hydrogen) atoms. The molecule has 3 aromatic carbocycles. The SMILES string of the molecule is Cn1c(=O)[nH]c(Nc2ccccc2)c(C(c2ccccc2Br)c2c(Nc3ccccc3)[nH]c(=O)n(C)c2=O)c1=O. The Labute approximate surface area is 236 Å². The fourth-order valence-electron chi connectivity index (χ4n) is 4.50. The molecule has 2 aromatic heterocycles. The van der Waals surface area contributed by atoms with E-state index in [1.54, 1.807) is 42.5 Å². The topological polar surface area (TPSA) is 134 Å². The first-order valence-corrected chi connectivity index (χ1v) is 13.1. The first kappa shape index (κ1) is 26.7. The molecule has 0 aliphatic carbocycles. The molecule has 0 bridgehead atoms. The van der Waals surface area contributed by atoms with Crippen molar-refractivity contribution in [3.05, 3.63) is 148 Å². The maximum atomic E-state index is 13.9. The molecule has 202 valence electrons. The van der Waals surface area contributed by atoms with Crippen molar-refractivity contribution in [3.8, 4) is 0 Å². The van der Waals surface area contributed by atoms with E-state index in [0.29, 0.717) is 21.4 Å². The summed E-state index contributed by atoms with van der Waals surface area (Å²) in [5.74, 6) is -0.781. The number of anilines is 4. The van der Waals surface area contributed by atoms with E-state index in [-0.39, 0.29) is 22.8 Å². The number of benzene rings is 3. The molecule has 0 amide bonds. The number of hydrogen-bond donors (Lipinski definition) is 4. The van der Waals surface area contributed by atoms with Crippen molar-refractivity contribution in [2.75, 3.05) is 10.6 Å². The Kier molecular flexibility index (Phi) is 7.39. The van der Waals surface area contributed by atoms with E-state index in [0.717, 1.165) is 9.13 Å². The number of para-hydroxylation sites is 2. The Hall–Kier alpha value is -4.90. The number of rotatable bonds is 7. The Bertz CT molecular complexity index is 1810. The smallest absolute Gasteiger partial charge is 0.329 e. The van der Waals surface area contributed by atoms with Gasteiger partial charge in [0.2, 0.25) is 0 Å². The number of nitrogens with one attached hydrogen (secondary N) is 4. The van der Waals surface area contributed by atoms with Gasteiger partial charge in [0.05, 0.1) is 17.0 Å². The highest BCUT2D eigenvalue weighted by Gasteiger charge is 2.32. The minimum atomic E-state index is -1.03. The molecule has 4 N–H and O–H groups in total. The monoisotopic (exact) mass is 600 g/mol. The van der Waals surface area contributed by atoms with E-state index in [1.165, 1.54) is 14.1 Å². The Morgan fingerprint density at radius 2 is 1.02 bits per heavy atom. The van der Waals surface area contributed by atoms with Crippen LogP contribution in [0.4, 0.5) is 23.0 Å². The van der Waals surface area contributed by atoms with Gasteiger partial charge in [0.1, 0.15) is 11.6 Å². The van der Waals surface area contributed by atoms with Crippen LogP contribution in [0.25, 0.3) is 0 Å². The third kappa shape index (κ3) is 5.06. The molecular formula is C29H25BrN6O4. The highest BCUT2D eigenvalue weighted by molar-refractivity contribution is 9.10. The molecule has 5 aromatic rings. The molecule has 0 saturated heterocycles. The maximum Gasteiger partial charge on any atom is 0.329 e. The summed E-state index contributed by atoms with van der Waals surface area (Å²) in [6, 6.07) is 25.2. The molecule has 0 aliphatic rings. The Morgan fingerprint density at radius 1 is 0.625 bits per heavy atom. The quantitative estimate of drug-likeness (QED) is 0.224. The van der Waals surface area contributed by atoms with Gasteiger partial charge in [-0.25, -0.2) is 9.59 Å². The van der Waals surface area contributed by atoms with Crippen molar-refractivity contribution in [2.45, 2.75) is 5.92 Å². The first-order chi connectivity index (χ1) is 19.3. The largest absolute Gasteiger partial charge is 0.341 e. The summed E-state index contributed by atoms with van der Waals surface area (Å²) in [7, 11) is 2.73. The van der Waals surface area contributed by atoms with Crippen molar-refractivity contribution < 1.29 is 0 Å². The van der Waals surface area contributed by atoms with Crippen LogP contribution in [0.2, 0.25) is 0 Å². The average molecular weight is 601 g/mol. The van der Waals surface area contributed by atoms with E-state index in [1.807, 2.05) is 42.5 Å². The minimum absolute atomic E-state index is 0.109. The number of nitrogens with zero attached hydrogens (tertiary/aromatic N) is 2. The molecule has 0 aliphatic heterocycles. The number of H-pyrrole nitrogens is 2. The van der Waals surface area contributed by atoms with Gasteiger partial charge in [-0.2, -0.15) is 0 Å². The molecule has 10 nitrogen and oxygen atoms in total. The standard InChI is InChI=1S/C29H25BrN6O4/c1-35-26(37)22(24(33-28(35)39)31-17-11-5-3-6-12-17)21(19-15-9-10-16-20(19)30)23-25(32-18-13-7-4-8-14-18)34-29(40)36(2)27(23)38/h3-16,21,31-32H,1-2H3,(H,33,39)(H,34,40). The lowest BCUT2D eigenvalue weighted by atomic mass is 9.86. The van der Waals surface area contributed by atoms with E-state index in [9.17, 15) is 19.2 Å². The summed E-state index contributed by atoms with van der Waals surface area (Å²) < 4.78 is 2.53. The number of aromatic amines is 2. The van der Waals surface area contributed by atoms with E-state index >= 15 is 0 Å². The predicted octanol–water partition coefficient (Wildman–Crippen LogP) is 3.89. The molecular weight excluding hydrogens is 576 g/mol. The molecule has 0 radical (unpaired) electrons. The second-order valence-corrected chi connectivity index (χ2v) is 9.96. The highest BCUT2D eigenvalue weighted by atomic mass is 79.9. The molecule has 5 rings (SSSR count). The summed E-state index contributed by atoms with van der Waals surface area (Å²) in [4.78, 5) is 58.9. The van der Waals surface area contributed by atoms with Crippen LogP contribution in [-0.4, -0.2) is 19.1 Å². The van der Waals surface area contributed by atoms with Crippen LogP contribution >= 0.6 is 15.9 Å². The van der Waals surface area contributed by atoms with Crippen LogP contribution in [0.1, 0.15) is 22.6 Å². The molecule has 0 spiro atoms. The van der Waals surface area contributed by atoms with Crippen LogP contribution in [0.15, 0.2) is 109 Å². The fourth-order valence-corrected chi connectivity index (χ4v) is 5.02. The number of aromatic nitrogens is 4. The maximum absolute atomic E-state index is 13.9. The average Bonchev–Trinajstić information content (AvgIpc) is 2.95. The lowest BCUT2D eigenvalue weighted by molar-refractivity contribution is 0.723. The van der Waals surface area contributed by atoms with Crippen LogP contribution in [0, 0.1) is 0 Å². The summed E-state index contributed by atoms with van der Waals surface area (Å²) in [6.07, 6.45) is 0. The summed E-state index contributed by atoms with van der Waals surface area (Å²) >= 11 is 3.59. The van der Waals surface area contributed by atoms with Gasteiger partial charge < -0.3 is 10.6 Å². The van der Waals surface area contributed by atoms with E-state index in [4.69, 9.17) is 0 Å². The van der Waals surface area contributed by atoms with Crippen molar-refractivity contribution >= 4 is 38.9 Å². The van der Waals surface area contributed by atoms with Gasteiger partial charge in [0.25, 0.3) is 11.1 Å². The molecule has 2 heterocycles.